The van der Waals surface area contributed by atoms with E-state index in [-0.39, 0.29) is 10.8 Å². The minimum atomic E-state index is 0.00563. The fraction of sp³-hybridized carbons (Fsp3) is 0.108. The Bertz CT molecular complexity index is 4290. The van der Waals surface area contributed by atoms with Crippen molar-refractivity contribution in [1.29, 1.82) is 0 Å². The van der Waals surface area contributed by atoms with Gasteiger partial charge in [0.25, 0.3) is 0 Å². The molecule has 0 N–H and O–H groups in total. The summed E-state index contributed by atoms with van der Waals surface area (Å²) < 4.78 is 13.6. The Morgan fingerprint density at radius 2 is 0.641 bits per heavy atom. The van der Waals surface area contributed by atoms with Gasteiger partial charge in [-0.3, -0.25) is 0 Å². The molecule has 0 atom stereocenters. The van der Waals surface area contributed by atoms with E-state index in [0.29, 0.717) is 0 Å². The van der Waals surface area contributed by atoms with Gasteiger partial charge < -0.3 is 18.6 Å². The first-order chi connectivity index (χ1) is 37.9. The summed E-state index contributed by atoms with van der Waals surface area (Å²) in [6.45, 7) is 13.6. The maximum Gasteiger partial charge on any atom is 0.142 e. The van der Waals surface area contributed by atoms with Crippen LogP contribution in [0.3, 0.4) is 0 Å². The van der Waals surface area contributed by atoms with Gasteiger partial charge in [-0.15, -0.1) is 0 Å². The van der Waals surface area contributed by atoms with Gasteiger partial charge in [-0.1, -0.05) is 181 Å². The second-order valence-electron chi connectivity index (χ2n) is 22.7. The molecule has 13 aromatic rings. The van der Waals surface area contributed by atoms with Gasteiger partial charge in [-0.2, -0.15) is 0 Å². The zero-order chi connectivity index (χ0) is 53.1. The van der Waals surface area contributed by atoms with Crippen LogP contribution in [-0.4, -0.2) is 0 Å². The second kappa shape index (κ2) is 19.3. The van der Waals surface area contributed by atoms with Crippen molar-refractivity contribution in [1.82, 2.24) is 0 Å². The summed E-state index contributed by atoms with van der Waals surface area (Å²) in [5.41, 5.74) is 17.7. The molecule has 0 bridgehead atoms. The monoisotopic (exact) mass is 1010 g/mol. The smallest absolute Gasteiger partial charge is 0.142 e. The average molecular weight is 1010 g/mol. The lowest BCUT2D eigenvalue weighted by molar-refractivity contribution is 0.590. The van der Waals surface area contributed by atoms with Crippen LogP contribution in [0.1, 0.15) is 52.7 Å². The summed E-state index contributed by atoms with van der Waals surface area (Å²) in [5.74, 6) is 1.65. The third kappa shape index (κ3) is 9.20. The molecule has 0 saturated carbocycles. The van der Waals surface area contributed by atoms with E-state index in [4.69, 9.17) is 8.83 Å². The van der Waals surface area contributed by atoms with E-state index in [1.807, 2.05) is 0 Å². The van der Waals surface area contributed by atoms with Gasteiger partial charge >= 0.3 is 0 Å². The lowest BCUT2D eigenvalue weighted by atomic mass is 9.87. The Balaban J connectivity index is 0.798. The number of hydrogen-bond donors (Lipinski definition) is 0. The molecule has 378 valence electrons. The molecule has 4 heteroatoms. The molecule has 0 aliphatic carbocycles. The van der Waals surface area contributed by atoms with Crippen molar-refractivity contribution in [2.45, 2.75) is 52.4 Å². The van der Waals surface area contributed by atoms with Crippen LogP contribution in [0, 0.1) is 0 Å². The van der Waals surface area contributed by atoms with E-state index < -0.39 is 0 Å². The first kappa shape index (κ1) is 48.3. The highest BCUT2D eigenvalue weighted by atomic mass is 16.3. The molecule has 13 rings (SSSR count). The topological polar surface area (TPSA) is 32.8 Å². The van der Waals surface area contributed by atoms with Crippen molar-refractivity contribution < 1.29 is 8.83 Å². The molecule has 2 heterocycles. The normalized spacial score (nSPS) is 12.0. The number of rotatable bonds is 10. The van der Waals surface area contributed by atoms with Crippen LogP contribution in [0.4, 0.5) is 34.1 Å². The summed E-state index contributed by atoms with van der Waals surface area (Å²) >= 11 is 0. The third-order valence-electron chi connectivity index (χ3n) is 15.4. The molecule has 0 unspecified atom stereocenters. The fourth-order valence-electron chi connectivity index (χ4n) is 11.0. The number of nitrogens with zero attached hydrogens (tertiary/aromatic N) is 2. The zero-order valence-electron chi connectivity index (χ0n) is 45.0. The molecule has 0 aliphatic rings. The molecule has 0 saturated heterocycles. The predicted molar refractivity (Wildman–Crippen MR) is 330 cm³/mol. The van der Waals surface area contributed by atoms with Crippen molar-refractivity contribution in [3.63, 3.8) is 0 Å². The molecule has 0 fully saturated rings. The Morgan fingerprint density at radius 3 is 1.14 bits per heavy atom. The van der Waals surface area contributed by atoms with Crippen molar-refractivity contribution in [3.8, 4) is 44.9 Å². The number of fused-ring (bicyclic) bond motifs is 6. The summed E-state index contributed by atoms with van der Waals surface area (Å²) in [7, 11) is 0. The van der Waals surface area contributed by atoms with E-state index in [1.54, 1.807) is 0 Å². The van der Waals surface area contributed by atoms with Crippen LogP contribution in [-0.2, 0) is 10.8 Å². The minimum absolute atomic E-state index is 0.00563. The van der Waals surface area contributed by atoms with Gasteiger partial charge in [0.15, 0.2) is 0 Å². The number of hydrogen-bond acceptors (Lipinski definition) is 4. The van der Waals surface area contributed by atoms with E-state index in [9.17, 15) is 0 Å². The van der Waals surface area contributed by atoms with Gasteiger partial charge in [0.2, 0.25) is 0 Å². The molecule has 11 aromatic carbocycles. The lowest BCUT2D eigenvalue weighted by Gasteiger charge is -2.28. The molecule has 0 amide bonds. The lowest BCUT2D eigenvalue weighted by Crippen LogP contribution is -2.14. The third-order valence-corrected chi connectivity index (χ3v) is 15.4. The molecule has 2 aromatic heterocycles. The summed E-state index contributed by atoms with van der Waals surface area (Å²) in [6.07, 6.45) is 0. The zero-order valence-corrected chi connectivity index (χ0v) is 45.0. The second-order valence-corrected chi connectivity index (χ2v) is 22.7. The van der Waals surface area contributed by atoms with Gasteiger partial charge in [-0.05, 0) is 170 Å². The highest BCUT2D eigenvalue weighted by molar-refractivity contribution is 6.15. The van der Waals surface area contributed by atoms with Crippen LogP contribution in [0.25, 0.3) is 88.4 Å². The van der Waals surface area contributed by atoms with E-state index in [1.165, 1.54) is 33.4 Å². The number of furan rings is 2. The fourth-order valence-corrected chi connectivity index (χ4v) is 11.0. The van der Waals surface area contributed by atoms with Gasteiger partial charge in [0.1, 0.15) is 22.7 Å². The van der Waals surface area contributed by atoms with Gasteiger partial charge in [-0.25, -0.2) is 0 Å². The van der Waals surface area contributed by atoms with Crippen LogP contribution in [0.5, 0.6) is 0 Å². The number of benzene rings is 11. The molecule has 4 nitrogen and oxygen atoms in total. The Kier molecular flexibility index (Phi) is 12.0. The SMILES string of the molecule is CC(C)(C)c1ccc(N(c2ccc(-c3ccccc3)cc2)c2ccc3cc(-c4cc5ccc6c(ccc7cc(-c8ccc(N(c9ccc(-c%10ccccc%10)cc9)c9cccc(C(C)(C)C)c9)cc8)oc76)c5o4)ccc3c2)cc1. The van der Waals surface area contributed by atoms with E-state index in [2.05, 4.69) is 306 Å². The average Bonchev–Trinajstić information content (AvgIpc) is 4.22. The largest absolute Gasteiger partial charge is 0.455 e. The summed E-state index contributed by atoms with van der Waals surface area (Å²) in [5, 5.41) is 6.43. The first-order valence-corrected chi connectivity index (χ1v) is 27.0. The van der Waals surface area contributed by atoms with Crippen molar-refractivity contribution in [2.24, 2.45) is 0 Å². The first-order valence-electron chi connectivity index (χ1n) is 27.0. The van der Waals surface area contributed by atoms with Crippen LogP contribution >= 0.6 is 0 Å². The van der Waals surface area contributed by atoms with Crippen LogP contribution in [0.2, 0.25) is 0 Å². The van der Waals surface area contributed by atoms with Gasteiger partial charge in [0, 0.05) is 66.8 Å². The highest BCUT2D eigenvalue weighted by Gasteiger charge is 2.21. The minimum Gasteiger partial charge on any atom is -0.455 e. The van der Waals surface area contributed by atoms with Crippen LogP contribution in [0.15, 0.2) is 264 Å². The maximum atomic E-state index is 6.82. The number of anilines is 6. The standard InChI is InChI=1S/C74H60N2O2/c1-73(2,3)59-31-40-64(41-32-59)76(62-35-24-52(25-36-62)50-16-11-8-12-17-50)66-39-28-54-44-56(21-20-55(54)45-66)70-47-58-30-43-67-68(72(58)78-70)42-29-57-46-69(77-71(57)67)53-26-37-63(38-27-53)75(65-19-13-18-60(48-65)74(4,5)6)61-33-22-51(23-34-61)49-14-9-7-10-15-49/h7-48H,1-6H3. The summed E-state index contributed by atoms with van der Waals surface area (Å²) in [4.78, 5) is 4.69. The van der Waals surface area contributed by atoms with Crippen LogP contribution < -0.4 is 9.80 Å². The highest BCUT2D eigenvalue weighted by Crippen LogP contribution is 2.43. The Labute approximate surface area is 457 Å². The van der Waals surface area contributed by atoms with Crippen molar-refractivity contribution in [3.05, 3.63) is 266 Å². The Morgan fingerprint density at radius 1 is 0.256 bits per heavy atom. The van der Waals surface area contributed by atoms with Gasteiger partial charge in [0.05, 0.1) is 0 Å². The van der Waals surface area contributed by atoms with E-state index >= 15 is 0 Å². The quantitative estimate of drug-likeness (QED) is 0.137. The van der Waals surface area contributed by atoms with E-state index in [0.717, 1.165) is 100 Å². The molecule has 0 radical (unpaired) electrons. The maximum absolute atomic E-state index is 6.82. The molecule has 0 aliphatic heterocycles. The molecular formula is C74H60N2O2. The summed E-state index contributed by atoms with van der Waals surface area (Å²) in [6, 6.07) is 91.8. The Hall–Kier alpha value is -9.38. The molecule has 0 spiro atoms. The van der Waals surface area contributed by atoms with Crippen molar-refractivity contribution >= 4 is 77.6 Å². The predicted octanol–water partition coefficient (Wildman–Crippen LogP) is 21.7. The molecule has 78 heavy (non-hydrogen) atoms. The van der Waals surface area contributed by atoms with Crippen molar-refractivity contribution in [2.75, 3.05) is 9.80 Å². The molecular weight excluding hydrogens is 949 g/mol.